The molecule has 100 valence electrons. The molecule has 0 bridgehead atoms. The normalized spacial score (nSPS) is 10.5. The zero-order valence-corrected chi connectivity index (χ0v) is 13.0. The lowest BCUT2D eigenvalue weighted by molar-refractivity contribution is 0.0781. The van der Waals surface area contributed by atoms with E-state index in [4.69, 9.17) is 0 Å². The maximum atomic E-state index is 13.7. The molecule has 0 radical (unpaired) electrons. The molecular formula is C14H13BrFNOS. The van der Waals surface area contributed by atoms with Gasteiger partial charge in [0.25, 0.3) is 5.91 Å². The van der Waals surface area contributed by atoms with E-state index in [9.17, 15) is 9.18 Å². The summed E-state index contributed by atoms with van der Waals surface area (Å²) in [6.45, 7) is 2.50. The molecule has 5 heteroatoms. The molecule has 0 saturated carbocycles. The summed E-state index contributed by atoms with van der Waals surface area (Å²) in [4.78, 5) is 14.8. The van der Waals surface area contributed by atoms with E-state index in [2.05, 4.69) is 15.9 Å². The minimum absolute atomic E-state index is 0.0971. The van der Waals surface area contributed by atoms with Gasteiger partial charge in [0.2, 0.25) is 0 Å². The Morgan fingerprint density at radius 3 is 2.74 bits per heavy atom. The molecule has 0 fully saturated rings. The number of amides is 1. The van der Waals surface area contributed by atoms with Gasteiger partial charge in [-0.05, 0) is 42.1 Å². The number of thiophene rings is 1. The zero-order chi connectivity index (χ0) is 14.0. The van der Waals surface area contributed by atoms with Crippen molar-refractivity contribution in [2.24, 2.45) is 0 Å². The third-order valence-electron chi connectivity index (χ3n) is 2.86. The van der Waals surface area contributed by atoms with Gasteiger partial charge in [-0.15, -0.1) is 11.3 Å². The van der Waals surface area contributed by atoms with Crippen LogP contribution < -0.4 is 0 Å². The Morgan fingerprint density at radius 2 is 2.16 bits per heavy atom. The molecule has 0 spiro atoms. The van der Waals surface area contributed by atoms with Crippen molar-refractivity contribution < 1.29 is 9.18 Å². The first-order valence-corrected chi connectivity index (χ1v) is 7.40. The third kappa shape index (κ3) is 3.22. The van der Waals surface area contributed by atoms with Crippen LogP contribution in [0.2, 0.25) is 0 Å². The van der Waals surface area contributed by atoms with Gasteiger partial charge in [-0.3, -0.25) is 4.79 Å². The van der Waals surface area contributed by atoms with Crippen molar-refractivity contribution in [3.8, 4) is 0 Å². The largest absolute Gasteiger partial charge is 0.336 e. The van der Waals surface area contributed by atoms with Crippen LogP contribution in [0, 0.1) is 12.7 Å². The molecule has 2 rings (SSSR count). The van der Waals surface area contributed by atoms with Gasteiger partial charge in [-0.25, -0.2) is 4.39 Å². The maximum absolute atomic E-state index is 13.7. The van der Waals surface area contributed by atoms with Gasteiger partial charge in [0, 0.05) is 16.4 Å². The van der Waals surface area contributed by atoms with E-state index in [1.54, 1.807) is 24.5 Å². The highest BCUT2D eigenvalue weighted by Crippen LogP contribution is 2.20. The molecule has 0 aliphatic rings. The van der Waals surface area contributed by atoms with E-state index in [1.807, 2.05) is 18.4 Å². The minimum Gasteiger partial charge on any atom is -0.336 e. The Morgan fingerprint density at radius 1 is 1.42 bits per heavy atom. The predicted octanol–water partition coefficient (Wildman–Crippen LogP) is 4.23. The number of carbonyl (C=O) groups is 1. The number of hydrogen-bond acceptors (Lipinski definition) is 2. The summed E-state index contributed by atoms with van der Waals surface area (Å²) in [6, 6.07) is 6.48. The molecule has 2 nitrogen and oxygen atoms in total. The number of carbonyl (C=O) groups excluding carboxylic acids is 1. The molecular weight excluding hydrogens is 329 g/mol. The number of halogens is 2. The summed E-state index contributed by atoms with van der Waals surface area (Å²) < 4.78 is 14.4. The molecule has 0 aliphatic heterocycles. The maximum Gasteiger partial charge on any atom is 0.256 e. The minimum atomic E-state index is -0.505. The Hall–Kier alpha value is -1.20. The molecule has 0 saturated heterocycles. The van der Waals surface area contributed by atoms with Gasteiger partial charge in [0.1, 0.15) is 5.82 Å². The standard InChI is InChI=1S/C14H13BrFNOS/c1-9-5-6-19-13(9)8-17(2)14(18)11-4-3-10(15)7-12(11)16/h3-7H,8H2,1-2H3. The van der Waals surface area contributed by atoms with Crippen LogP contribution in [0.25, 0.3) is 0 Å². The van der Waals surface area contributed by atoms with Crippen LogP contribution in [0.4, 0.5) is 4.39 Å². The highest BCUT2D eigenvalue weighted by Gasteiger charge is 2.17. The van der Waals surface area contributed by atoms with Crippen molar-refractivity contribution in [1.82, 2.24) is 4.90 Å². The van der Waals surface area contributed by atoms with E-state index in [0.717, 1.165) is 10.4 Å². The van der Waals surface area contributed by atoms with Crippen molar-refractivity contribution in [1.29, 1.82) is 0 Å². The van der Waals surface area contributed by atoms with Crippen molar-refractivity contribution in [3.63, 3.8) is 0 Å². The fourth-order valence-corrected chi connectivity index (χ4v) is 3.01. The lowest BCUT2D eigenvalue weighted by Crippen LogP contribution is -2.26. The lowest BCUT2D eigenvalue weighted by atomic mass is 10.2. The Labute approximate surface area is 124 Å². The van der Waals surface area contributed by atoms with Gasteiger partial charge in [0.05, 0.1) is 12.1 Å². The fourth-order valence-electron chi connectivity index (χ4n) is 1.72. The van der Waals surface area contributed by atoms with Gasteiger partial charge in [-0.2, -0.15) is 0 Å². The average Bonchev–Trinajstić information content (AvgIpc) is 2.74. The van der Waals surface area contributed by atoms with Crippen LogP contribution in [0.15, 0.2) is 34.1 Å². The molecule has 1 aromatic carbocycles. The van der Waals surface area contributed by atoms with Crippen LogP contribution in [-0.2, 0) is 6.54 Å². The van der Waals surface area contributed by atoms with Crippen LogP contribution in [0.5, 0.6) is 0 Å². The highest BCUT2D eigenvalue weighted by molar-refractivity contribution is 9.10. The zero-order valence-electron chi connectivity index (χ0n) is 10.6. The third-order valence-corrected chi connectivity index (χ3v) is 4.36. The van der Waals surface area contributed by atoms with Gasteiger partial charge in [0.15, 0.2) is 0 Å². The van der Waals surface area contributed by atoms with E-state index >= 15 is 0 Å². The van der Waals surface area contributed by atoms with Crippen LogP contribution in [0.1, 0.15) is 20.8 Å². The molecule has 0 N–H and O–H groups in total. The molecule has 0 atom stereocenters. The Kier molecular flexibility index (Phi) is 4.37. The number of hydrogen-bond donors (Lipinski definition) is 0. The highest BCUT2D eigenvalue weighted by atomic mass is 79.9. The van der Waals surface area contributed by atoms with Crippen molar-refractivity contribution in [2.75, 3.05) is 7.05 Å². The number of aryl methyl sites for hydroxylation is 1. The van der Waals surface area contributed by atoms with E-state index in [0.29, 0.717) is 11.0 Å². The summed E-state index contributed by atoms with van der Waals surface area (Å²) in [6.07, 6.45) is 0. The van der Waals surface area contributed by atoms with Crippen molar-refractivity contribution in [3.05, 3.63) is 55.9 Å². The average molecular weight is 342 g/mol. The quantitative estimate of drug-likeness (QED) is 0.817. The number of rotatable bonds is 3. The number of nitrogens with zero attached hydrogens (tertiary/aromatic N) is 1. The predicted molar refractivity (Wildman–Crippen MR) is 79.0 cm³/mol. The molecule has 1 amide bonds. The Balaban J connectivity index is 2.17. The van der Waals surface area contributed by atoms with E-state index in [1.165, 1.54) is 17.0 Å². The summed E-state index contributed by atoms with van der Waals surface area (Å²) in [7, 11) is 1.68. The molecule has 2 aromatic rings. The first kappa shape index (κ1) is 14.2. The second-order valence-corrected chi connectivity index (χ2v) is 6.23. The fraction of sp³-hybridized carbons (Fsp3) is 0.214. The lowest BCUT2D eigenvalue weighted by Gasteiger charge is -2.17. The number of benzene rings is 1. The summed E-state index contributed by atoms with van der Waals surface area (Å²) in [5.41, 5.74) is 1.25. The molecule has 19 heavy (non-hydrogen) atoms. The first-order chi connectivity index (χ1) is 8.99. The van der Waals surface area contributed by atoms with Crippen LogP contribution in [0.3, 0.4) is 0 Å². The Bertz CT molecular complexity index is 611. The van der Waals surface area contributed by atoms with Crippen molar-refractivity contribution >= 4 is 33.2 Å². The summed E-state index contributed by atoms with van der Waals surface area (Å²) in [5.74, 6) is -0.813. The topological polar surface area (TPSA) is 20.3 Å². The van der Waals surface area contributed by atoms with Gasteiger partial charge >= 0.3 is 0 Å². The smallest absolute Gasteiger partial charge is 0.256 e. The van der Waals surface area contributed by atoms with Crippen LogP contribution in [-0.4, -0.2) is 17.9 Å². The first-order valence-electron chi connectivity index (χ1n) is 5.72. The molecule has 0 aliphatic carbocycles. The van der Waals surface area contributed by atoms with Crippen molar-refractivity contribution in [2.45, 2.75) is 13.5 Å². The SMILES string of the molecule is Cc1ccsc1CN(C)C(=O)c1ccc(Br)cc1F. The second-order valence-electron chi connectivity index (χ2n) is 4.31. The monoisotopic (exact) mass is 341 g/mol. The van der Waals surface area contributed by atoms with Gasteiger partial charge in [-0.1, -0.05) is 15.9 Å². The van der Waals surface area contributed by atoms with E-state index < -0.39 is 5.82 Å². The molecule has 0 unspecified atom stereocenters. The van der Waals surface area contributed by atoms with Crippen LogP contribution >= 0.6 is 27.3 Å². The molecule has 1 heterocycles. The summed E-state index contributed by atoms with van der Waals surface area (Å²) >= 11 is 4.78. The van der Waals surface area contributed by atoms with E-state index in [-0.39, 0.29) is 11.5 Å². The second kappa shape index (κ2) is 5.84. The summed E-state index contributed by atoms with van der Waals surface area (Å²) in [5, 5.41) is 1.99. The molecule has 1 aromatic heterocycles. The van der Waals surface area contributed by atoms with Gasteiger partial charge < -0.3 is 4.90 Å².